The first kappa shape index (κ1) is 23.3. The zero-order valence-corrected chi connectivity index (χ0v) is 18.1. The third-order valence-corrected chi connectivity index (χ3v) is 5.45. The maximum absolute atomic E-state index is 13.3. The van der Waals surface area contributed by atoms with Gasteiger partial charge in [0.2, 0.25) is 5.91 Å². The van der Waals surface area contributed by atoms with E-state index >= 15 is 0 Å². The Bertz CT molecular complexity index is 1180. The lowest BCUT2D eigenvalue weighted by Gasteiger charge is -2.09. The normalized spacial score (nSPS) is 15.1. The Kier molecular flexibility index (Phi) is 7.08. The van der Waals surface area contributed by atoms with Crippen molar-refractivity contribution in [2.45, 2.75) is 25.3 Å². The minimum Gasteiger partial charge on any atom is -0.388 e. The second-order valence-corrected chi connectivity index (χ2v) is 8.01. The summed E-state index contributed by atoms with van der Waals surface area (Å²) < 4.78 is 31.5. The highest BCUT2D eigenvalue weighted by Crippen LogP contribution is 2.23. The molecule has 1 aliphatic heterocycles. The number of benzene rings is 3. The Morgan fingerprint density at radius 3 is 2.12 bits per heavy atom. The topological polar surface area (TPSA) is 84.5 Å². The Morgan fingerprint density at radius 2 is 1.53 bits per heavy atom. The van der Waals surface area contributed by atoms with Gasteiger partial charge in [0.25, 0.3) is 0 Å². The first-order valence-electron chi connectivity index (χ1n) is 10.8. The van der Waals surface area contributed by atoms with Gasteiger partial charge in [0.05, 0.1) is 12.0 Å². The molecule has 174 valence electrons. The fourth-order valence-electron chi connectivity index (χ4n) is 3.76. The Balaban J connectivity index is 1.34. The molecule has 4 rings (SSSR count). The molecule has 1 amide bonds. The summed E-state index contributed by atoms with van der Waals surface area (Å²) in [4.78, 5) is 36.4. The maximum atomic E-state index is 13.3. The second-order valence-electron chi connectivity index (χ2n) is 8.01. The number of rotatable bonds is 6. The van der Waals surface area contributed by atoms with Gasteiger partial charge in [-0.05, 0) is 72.5 Å². The molecule has 3 aromatic rings. The third kappa shape index (κ3) is 5.90. The van der Waals surface area contributed by atoms with Crippen molar-refractivity contribution in [1.29, 1.82) is 0 Å². The Hall–Kier alpha value is -3.91. The van der Waals surface area contributed by atoms with E-state index in [4.69, 9.17) is 4.74 Å². The predicted molar refractivity (Wildman–Crippen MR) is 122 cm³/mol. The van der Waals surface area contributed by atoms with Gasteiger partial charge < -0.3 is 15.4 Å². The van der Waals surface area contributed by atoms with Gasteiger partial charge in [0.1, 0.15) is 17.7 Å². The Morgan fingerprint density at radius 1 is 0.912 bits per heavy atom. The van der Waals surface area contributed by atoms with E-state index in [1.807, 2.05) is 0 Å². The number of esters is 2. The van der Waals surface area contributed by atoms with Crippen molar-refractivity contribution < 1.29 is 27.9 Å². The molecule has 3 aromatic carbocycles. The van der Waals surface area contributed by atoms with E-state index in [2.05, 4.69) is 10.6 Å². The highest BCUT2D eigenvalue weighted by Gasteiger charge is 2.26. The van der Waals surface area contributed by atoms with Crippen LogP contribution in [0.25, 0.3) is 11.1 Å². The average Bonchev–Trinajstić information content (AvgIpc) is 3.34. The molecule has 0 aromatic heterocycles. The zero-order chi connectivity index (χ0) is 24.1. The minimum absolute atomic E-state index is 0.159. The van der Waals surface area contributed by atoms with Gasteiger partial charge in [0.15, 0.2) is 0 Å². The van der Waals surface area contributed by atoms with E-state index < -0.39 is 35.5 Å². The van der Waals surface area contributed by atoms with Crippen LogP contribution < -0.4 is 10.6 Å². The van der Waals surface area contributed by atoms with Crippen LogP contribution in [0.5, 0.6) is 0 Å². The van der Waals surface area contributed by atoms with Crippen molar-refractivity contribution >= 4 is 23.5 Å². The molecule has 6 nitrogen and oxygen atoms in total. The van der Waals surface area contributed by atoms with Crippen molar-refractivity contribution in [3.8, 4) is 11.1 Å². The number of amides is 1. The molecule has 1 atom stereocenters. The summed E-state index contributed by atoms with van der Waals surface area (Å²) in [6.45, 7) is 0.734. The summed E-state index contributed by atoms with van der Waals surface area (Å²) in [6.07, 6.45) is 1.37. The van der Waals surface area contributed by atoms with Crippen molar-refractivity contribution in [2.75, 3.05) is 11.9 Å². The largest absolute Gasteiger partial charge is 0.388 e. The van der Waals surface area contributed by atoms with Gasteiger partial charge in [-0.3, -0.25) is 4.79 Å². The van der Waals surface area contributed by atoms with Crippen molar-refractivity contribution in [2.24, 2.45) is 0 Å². The number of carbonyl (C=O) groups is 3. The van der Waals surface area contributed by atoms with E-state index in [1.54, 1.807) is 48.5 Å². The number of carbonyl (C=O) groups excluding carboxylic acids is 3. The number of halogens is 2. The van der Waals surface area contributed by atoms with E-state index in [1.165, 1.54) is 0 Å². The van der Waals surface area contributed by atoms with Crippen LogP contribution in [0.2, 0.25) is 0 Å². The van der Waals surface area contributed by atoms with Gasteiger partial charge in [-0.1, -0.05) is 24.3 Å². The summed E-state index contributed by atoms with van der Waals surface area (Å²) >= 11 is 0. The molecule has 0 bridgehead atoms. The number of nitrogens with one attached hydrogen (secondary N) is 2. The summed E-state index contributed by atoms with van der Waals surface area (Å²) in [5, 5.41) is 5.68. The van der Waals surface area contributed by atoms with E-state index in [9.17, 15) is 23.2 Å². The fraction of sp³-hybridized carbons (Fsp3) is 0.192. The van der Waals surface area contributed by atoms with Crippen LogP contribution in [-0.2, 0) is 20.7 Å². The van der Waals surface area contributed by atoms with Crippen LogP contribution in [0.4, 0.5) is 14.5 Å². The third-order valence-electron chi connectivity index (χ3n) is 5.45. The van der Waals surface area contributed by atoms with Gasteiger partial charge in [-0.15, -0.1) is 0 Å². The molecule has 34 heavy (non-hydrogen) atoms. The van der Waals surface area contributed by atoms with E-state index in [0.29, 0.717) is 12.1 Å². The molecule has 1 heterocycles. The first-order valence-corrected chi connectivity index (χ1v) is 10.8. The monoisotopic (exact) mass is 464 g/mol. The zero-order valence-electron chi connectivity index (χ0n) is 18.1. The van der Waals surface area contributed by atoms with E-state index in [0.717, 1.165) is 42.3 Å². The van der Waals surface area contributed by atoms with Crippen LogP contribution in [0.15, 0.2) is 66.7 Å². The second kappa shape index (κ2) is 10.4. The molecule has 2 N–H and O–H groups in total. The van der Waals surface area contributed by atoms with Crippen molar-refractivity contribution in [1.82, 2.24) is 5.32 Å². The lowest BCUT2D eigenvalue weighted by atomic mass is 10.0. The summed E-state index contributed by atoms with van der Waals surface area (Å²) in [7, 11) is 0. The lowest BCUT2D eigenvalue weighted by molar-refractivity contribution is -0.140. The molecule has 0 aliphatic carbocycles. The molecular weight excluding hydrogens is 442 g/mol. The van der Waals surface area contributed by atoms with Crippen LogP contribution in [0.3, 0.4) is 0 Å². The molecule has 0 unspecified atom stereocenters. The van der Waals surface area contributed by atoms with Gasteiger partial charge in [0, 0.05) is 11.8 Å². The van der Waals surface area contributed by atoms with Crippen LogP contribution >= 0.6 is 0 Å². The fourth-order valence-corrected chi connectivity index (χ4v) is 3.76. The highest BCUT2D eigenvalue weighted by molar-refractivity contribution is 5.98. The molecule has 8 heteroatoms. The molecule has 1 saturated heterocycles. The van der Waals surface area contributed by atoms with Crippen LogP contribution in [-0.4, -0.2) is 30.4 Å². The standard InChI is InChI=1S/C26H22F2N2O4/c27-20-12-16(13-21(28)15-20)14-24(31)30-22-9-7-18(8-10-22)17-3-5-19(6-4-17)25(32)34-26(33)23-2-1-11-29-23/h3-10,12-13,15,23,29H,1-2,11,14H2,(H,30,31)/t23-/m0/s1. The Labute approximate surface area is 194 Å². The van der Waals surface area contributed by atoms with Crippen molar-refractivity contribution in [3.05, 3.63) is 89.5 Å². The molecule has 1 fully saturated rings. The van der Waals surface area contributed by atoms with Gasteiger partial charge in [-0.2, -0.15) is 0 Å². The highest BCUT2D eigenvalue weighted by atomic mass is 19.1. The number of hydrogen-bond acceptors (Lipinski definition) is 5. The number of anilines is 1. The molecule has 0 spiro atoms. The smallest absolute Gasteiger partial charge is 0.345 e. The lowest BCUT2D eigenvalue weighted by Crippen LogP contribution is -2.33. The summed E-state index contributed by atoms with van der Waals surface area (Å²) in [5.41, 5.74) is 2.72. The predicted octanol–water partition coefficient (Wildman–Crippen LogP) is 4.25. The minimum atomic E-state index is -0.733. The van der Waals surface area contributed by atoms with Crippen LogP contribution in [0.1, 0.15) is 28.8 Å². The summed E-state index contributed by atoms with van der Waals surface area (Å²) in [6, 6.07) is 16.2. The molecule has 0 radical (unpaired) electrons. The molecule has 1 aliphatic rings. The quantitative estimate of drug-likeness (QED) is 0.421. The van der Waals surface area contributed by atoms with E-state index in [-0.39, 0.29) is 17.5 Å². The first-order chi connectivity index (χ1) is 16.4. The number of hydrogen-bond donors (Lipinski definition) is 2. The average molecular weight is 464 g/mol. The van der Waals surface area contributed by atoms with Crippen molar-refractivity contribution in [3.63, 3.8) is 0 Å². The van der Waals surface area contributed by atoms with Crippen LogP contribution in [0, 0.1) is 11.6 Å². The number of ether oxygens (including phenoxy) is 1. The maximum Gasteiger partial charge on any atom is 0.345 e. The van der Waals surface area contributed by atoms with Gasteiger partial charge in [-0.25, -0.2) is 18.4 Å². The summed E-state index contributed by atoms with van der Waals surface area (Å²) in [5.74, 6) is -3.12. The SMILES string of the molecule is O=C(Cc1cc(F)cc(F)c1)Nc1ccc(-c2ccc(C(=O)OC(=O)[C@@H]3CCCN3)cc2)cc1. The molecular formula is C26H22F2N2O4. The molecule has 0 saturated carbocycles. The van der Waals surface area contributed by atoms with Gasteiger partial charge >= 0.3 is 11.9 Å².